The molecular weight excluding hydrogens is 919 g/mol. The van der Waals surface area contributed by atoms with Gasteiger partial charge in [-0.1, -0.05) is 24.3 Å². The molecule has 14 heteroatoms. The van der Waals surface area contributed by atoms with Crippen molar-refractivity contribution in [2.45, 2.75) is 105 Å². The number of nitrogens with zero attached hydrogens (tertiary/aromatic N) is 9. The summed E-state index contributed by atoms with van der Waals surface area (Å²) in [5.41, 5.74) is 38.2. The summed E-state index contributed by atoms with van der Waals surface area (Å²) in [5, 5.41) is 0. The lowest BCUT2D eigenvalue weighted by molar-refractivity contribution is 0.0391. The van der Waals surface area contributed by atoms with Crippen molar-refractivity contribution < 1.29 is 4.74 Å². The zero-order chi connectivity index (χ0) is 52.6. The largest absolute Gasteiger partial charge is 0.399 e. The Morgan fingerprint density at radius 1 is 0.500 bits per heavy atom. The average Bonchev–Trinajstić information content (AvgIpc) is 3.81. The summed E-state index contributed by atoms with van der Waals surface area (Å²) in [6.07, 6.45) is 13.6. The predicted molar refractivity (Wildman–Crippen MR) is 315 cm³/mol. The fourth-order valence-electron chi connectivity index (χ4n) is 11.2. The molecule has 0 amide bonds. The van der Waals surface area contributed by atoms with Gasteiger partial charge in [0.2, 0.25) is 0 Å². The molecule has 0 atom stereocenters. The molecule has 1 fully saturated rings. The molecule has 0 saturated carbocycles. The van der Waals surface area contributed by atoms with Crippen molar-refractivity contribution in [1.82, 2.24) is 24.3 Å². The highest BCUT2D eigenvalue weighted by Crippen LogP contribution is 2.32. The second-order valence-electron chi connectivity index (χ2n) is 21.8. The van der Waals surface area contributed by atoms with Crippen molar-refractivity contribution in [3.05, 3.63) is 113 Å². The Hall–Kier alpha value is -5.67. The summed E-state index contributed by atoms with van der Waals surface area (Å²) < 4.78 is 7.59. The molecule has 5 aliphatic rings. The zero-order valence-corrected chi connectivity index (χ0v) is 46.5. The third-order valence-corrected chi connectivity index (χ3v) is 15.4. The minimum Gasteiger partial charge on any atom is -0.399 e. The van der Waals surface area contributed by atoms with Crippen LogP contribution < -0.4 is 42.5 Å². The average molecular weight is 1010 g/mol. The van der Waals surface area contributed by atoms with E-state index in [1.807, 2.05) is 43.6 Å². The van der Waals surface area contributed by atoms with Gasteiger partial charge in [0.1, 0.15) is 5.82 Å². The number of anilines is 8. The van der Waals surface area contributed by atoms with E-state index in [-0.39, 0.29) is 0 Å². The Kier molecular flexibility index (Phi) is 21.0. The van der Waals surface area contributed by atoms with Gasteiger partial charge in [-0.25, -0.2) is 4.98 Å². The number of rotatable bonds is 14. The van der Waals surface area contributed by atoms with Gasteiger partial charge in [0.25, 0.3) is 0 Å². The summed E-state index contributed by atoms with van der Waals surface area (Å²) in [6, 6.07) is 26.5. The number of fused-ring (bicyclic) bond motifs is 4. The normalized spacial score (nSPS) is 16.4. The van der Waals surface area contributed by atoms with E-state index in [1.165, 1.54) is 89.9 Å². The number of imidazole rings is 1. The lowest BCUT2D eigenvalue weighted by atomic mass is 10.0. The minimum absolute atomic E-state index is 0.597. The molecule has 1 aromatic heterocycles. The highest BCUT2D eigenvalue weighted by Gasteiger charge is 2.22. The lowest BCUT2D eigenvalue weighted by Crippen LogP contribution is -2.43. The fraction of sp³-hybridized carbons (Fsp3) is 0.550. The van der Waals surface area contributed by atoms with Crippen LogP contribution in [0.3, 0.4) is 0 Å². The van der Waals surface area contributed by atoms with Crippen LogP contribution in [0.5, 0.6) is 0 Å². The van der Waals surface area contributed by atoms with Gasteiger partial charge in [-0.15, -0.1) is 0 Å². The number of nitrogen functional groups attached to an aromatic ring is 4. The van der Waals surface area contributed by atoms with E-state index in [4.69, 9.17) is 27.7 Å². The van der Waals surface area contributed by atoms with Crippen molar-refractivity contribution in [3.8, 4) is 0 Å². The Balaban J connectivity index is 0.000000145. The molecular formula is C60H93N13O. The second kappa shape index (κ2) is 27.7. The molecule has 0 radical (unpaired) electrons. The van der Waals surface area contributed by atoms with Gasteiger partial charge in [-0.2, -0.15) is 0 Å². The standard InChI is InChI=1S/C17H29N3.C15H20N4.C15H23N3O.C13H21N3/c1-13(2)20(14(3)4)11-10-19-9-5-6-15-7-8-16(18)12-17(15)19;1-12-17-6-8-18(12)9-10-19-7-2-3-13-4-5-14(16)11-15(13)19;16-14-4-3-13-2-1-5-18(15(13)12-14)7-6-17-8-10-19-11-9-17;1-15(2)8-9-16-7-3-4-11-5-6-12(14)10-13(11)16/h7-8,12-14H,5-6,9-11,18H2,1-4H3;4-6,8,11H,2-3,7,9-10,16H2,1H3;3-4,12H,1-2,5-11,16H2;5-6,10H,3-4,7-9,14H2,1-2H3. The number of morpholine rings is 1. The van der Waals surface area contributed by atoms with Crippen molar-refractivity contribution in [2.75, 3.05) is 155 Å². The maximum Gasteiger partial charge on any atom is 0.105 e. The second-order valence-corrected chi connectivity index (χ2v) is 21.8. The van der Waals surface area contributed by atoms with Crippen molar-refractivity contribution in [3.63, 3.8) is 0 Å². The molecule has 0 spiro atoms. The lowest BCUT2D eigenvalue weighted by Gasteiger charge is -2.36. The SMILES string of the molecule is CC(C)N(CCN1CCCc2ccc(N)cc21)C(C)C.CN(C)CCN1CCCc2ccc(N)cc21.Cc1nccn1CCN1CCCc2ccc(N)cc21.Nc1ccc2c(c1)N(CCN1CCOCC1)CCC2. The van der Waals surface area contributed by atoms with Crippen LogP contribution in [-0.2, 0) is 37.0 Å². The Bertz CT molecular complexity index is 2470. The predicted octanol–water partition coefficient (Wildman–Crippen LogP) is 8.30. The topological polar surface area (TPSA) is 154 Å². The molecule has 14 nitrogen and oxygen atoms in total. The molecule has 1 saturated heterocycles. The van der Waals surface area contributed by atoms with E-state index in [0.717, 1.165) is 140 Å². The van der Waals surface area contributed by atoms with Crippen molar-refractivity contribution in [1.29, 1.82) is 0 Å². The third kappa shape index (κ3) is 16.2. The summed E-state index contributed by atoms with van der Waals surface area (Å²) in [7, 11) is 4.23. The van der Waals surface area contributed by atoms with Crippen LogP contribution in [-0.4, -0.2) is 149 Å². The van der Waals surface area contributed by atoms with Crippen LogP contribution >= 0.6 is 0 Å². The third-order valence-electron chi connectivity index (χ3n) is 15.4. The maximum atomic E-state index is 5.96. The minimum atomic E-state index is 0.597. The molecule has 0 bridgehead atoms. The summed E-state index contributed by atoms with van der Waals surface area (Å²) in [4.78, 5) is 21.4. The molecule has 8 N–H and O–H groups in total. The first-order valence-corrected chi connectivity index (χ1v) is 27.9. The summed E-state index contributed by atoms with van der Waals surface area (Å²) >= 11 is 0. The Labute approximate surface area is 445 Å². The van der Waals surface area contributed by atoms with Gasteiger partial charge >= 0.3 is 0 Å². The van der Waals surface area contributed by atoms with E-state index in [1.54, 1.807) is 0 Å². The van der Waals surface area contributed by atoms with Crippen LogP contribution in [0.25, 0.3) is 0 Å². The molecule has 6 heterocycles. The number of hydrogen-bond acceptors (Lipinski definition) is 13. The molecule has 4 aromatic carbocycles. The van der Waals surface area contributed by atoms with E-state index in [0.29, 0.717) is 12.1 Å². The van der Waals surface area contributed by atoms with Gasteiger partial charge in [0.15, 0.2) is 0 Å². The number of hydrogen-bond donors (Lipinski definition) is 4. The van der Waals surface area contributed by atoms with E-state index < -0.39 is 0 Å². The molecule has 10 rings (SSSR count). The summed E-state index contributed by atoms with van der Waals surface area (Å²) in [6.45, 7) is 28.2. The maximum absolute atomic E-state index is 5.96. The van der Waals surface area contributed by atoms with Gasteiger partial charge in [0, 0.05) is 162 Å². The molecule has 0 unspecified atom stereocenters. The number of likely N-dealkylation sites (N-methyl/N-ethyl adjacent to an activating group) is 1. The first-order valence-electron chi connectivity index (χ1n) is 27.9. The van der Waals surface area contributed by atoms with Gasteiger partial charge < -0.3 is 56.7 Å². The van der Waals surface area contributed by atoms with Crippen molar-refractivity contribution in [2.24, 2.45) is 0 Å². The first-order chi connectivity index (χ1) is 35.7. The number of nitrogens with two attached hydrogens (primary N) is 4. The first kappa shape index (κ1) is 56.1. The number of ether oxygens (including phenoxy) is 1. The van der Waals surface area contributed by atoms with E-state index in [2.05, 4.69) is 134 Å². The number of aromatic nitrogens is 2. The van der Waals surface area contributed by atoms with Crippen LogP contribution in [0.4, 0.5) is 45.5 Å². The van der Waals surface area contributed by atoms with E-state index in [9.17, 15) is 0 Å². The van der Waals surface area contributed by atoms with Gasteiger partial charge in [0.05, 0.1) is 13.2 Å². The van der Waals surface area contributed by atoms with Crippen molar-refractivity contribution >= 4 is 45.5 Å². The Morgan fingerprint density at radius 3 is 1.24 bits per heavy atom. The molecule has 74 heavy (non-hydrogen) atoms. The molecule has 0 aliphatic carbocycles. The molecule has 5 aromatic rings. The fourth-order valence-corrected chi connectivity index (χ4v) is 11.2. The van der Waals surface area contributed by atoms with Gasteiger partial charge in [-0.05, 0) is 171 Å². The number of benzene rings is 4. The van der Waals surface area contributed by atoms with Crippen LogP contribution in [0, 0.1) is 6.92 Å². The smallest absolute Gasteiger partial charge is 0.105 e. The quantitative estimate of drug-likeness (QED) is 0.0790. The monoisotopic (exact) mass is 1010 g/mol. The van der Waals surface area contributed by atoms with E-state index >= 15 is 0 Å². The number of aryl methyl sites for hydroxylation is 5. The van der Waals surface area contributed by atoms with Crippen LogP contribution in [0.2, 0.25) is 0 Å². The highest BCUT2D eigenvalue weighted by molar-refractivity contribution is 5.65. The van der Waals surface area contributed by atoms with Crippen LogP contribution in [0.1, 0.15) is 81.5 Å². The zero-order valence-electron chi connectivity index (χ0n) is 46.5. The molecule has 404 valence electrons. The van der Waals surface area contributed by atoms with Gasteiger partial charge in [-0.3, -0.25) is 9.80 Å². The van der Waals surface area contributed by atoms with Crippen LogP contribution in [0.15, 0.2) is 85.2 Å². The summed E-state index contributed by atoms with van der Waals surface area (Å²) in [5.74, 6) is 1.07. The highest BCUT2D eigenvalue weighted by atomic mass is 16.5. The molecule has 5 aliphatic heterocycles. The Morgan fingerprint density at radius 2 is 0.878 bits per heavy atom.